The Labute approximate surface area is 78.0 Å². The summed E-state index contributed by atoms with van der Waals surface area (Å²) in [7, 11) is 1.20. The van der Waals surface area contributed by atoms with Crippen LogP contribution in [0.4, 0.5) is 13.2 Å². The number of methoxy groups -OCH3 is 1. The molecule has 6 heteroatoms. The molecular weight excluding hydrogens is 197 g/mol. The highest BCUT2D eigenvalue weighted by Crippen LogP contribution is 2.28. The molecule has 0 aromatic carbocycles. The Bertz CT molecular complexity index is 349. The molecule has 1 aromatic heterocycles. The van der Waals surface area contributed by atoms with E-state index in [0.29, 0.717) is 0 Å². The molecule has 0 aliphatic heterocycles. The van der Waals surface area contributed by atoms with Gasteiger partial charge in [-0.1, -0.05) is 0 Å². The highest BCUT2D eigenvalue weighted by molar-refractivity contribution is 5.89. The van der Waals surface area contributed by atoms with Crippen LogP contribution in [-0.4, -0.2) is 18.0 Å². The summed E-state index contributed by atoms with van der Waals surface area (Å²) in [6.45, 7) is 0. The molecule has 0 unspecified atom stereocenters. The number of hydrogen-bond acceptors (Lipinski definition) is 3. The molecule has 1 heterocycles. The molecule has 0 spiro atoms. The number of ether oxygens (including phenoxy) is 1. The predicted molar refractivity (Wildman–Crippen MR) is 43.1 cm³/mol. The van der Waals surface area contributed by atoms with Gasteiger partial charge in [0.2, 0.25) is 5.90 Å². The van der Waals surface area contributed by atoms with Gasteiger partial charge in [0.05, 0.1) is 12.7 Å². The average Bonchev–Trinajstić information content (AvgIpc) is 2.15. The summed E-state index contributed by atoms with van der Waals surface area (Å²) in [4.78, 5) is 3.57. The van der Waals surface area contributed by atoms with Gasteiger partial charge in [-0.3, -0.25) is 10.4 Å². The molecule has 0 radical (unpaired) electrons. The maximum Gasteiger partial charge on any atom is 0.416 e. The normalized spacial score (nSPS) is 11.1. The molecule has 0 fully saturated rings. The van der Waals surface area contributed by atoms with Crippen LogP contribution in [0.15, 0.2) is 18.3 Å². The van der Waals surface area contributed by atoms with Crippen LogP contribution in [0.25, 0.3) is 0 Å². The zero-order chi connectivity index (χ0) is 10.8. The van der Waals surface area contributed by atoms with Crippen molar-refractivity contribution in [2.45, 2.75) is 6.18 Å². The number of nitrogens with one attached hydrogen (secondary N) is 1. The summed E-state index contributed by atoms with van der Waals surface area (Å²) in [5.74, 6) is -0.393. The third kappa shape index (κ3) is 2.21. The van der Waals surface area contributed by atoms with E-state index in [9.17, 15) is 13.2 Å². The van der Waals surface area contributed by atoms with Crippen molar-refractivity contribution in [3.8, 4) is 0 Å². The molecule has 0 atom stereocenters. The lowest BCUT2D eigenvalue weighted by molar-refractivity contribution is -0.137. The number of rotatable bonds is 1. The molecular formula is C8H7F3N2O. The van der Waals surface area contributed by atoms with Crippen LogP contribution in [0.3, 0.4) is 0 Å². The highest BCUT2D eigenvalue weighted by atomic mass is 19.4. The van der Waals surface area contributed by atoms with Gasteiger partial charge in [0, 0.05) is 6.20 Å². The van der Waals surface area contributed by atoms with Gasteiger partial charge >= 0.3 is 6.18 Å². The third-order valence-electron chi connectivity index (χ3n) is 1.52. The van der Waals surface area contributed by atoms with Gasteiger partial charge in [0.1, 0.15) is 5.69 Å². The number of aromatic nitrogens is 1. The first kappa shape index (κ1) is 10.5. The first-order chi connectivity index (χ1) is 6.45. The van der Waals surface area contributed by atoms with Crippen LogP contribution < -0.4 is 0 Å². The van der Waals surface area contributed by atoms with Gasteiger partial charge < -0.3 is 4.74 Å². The van der Waals surface area contributed by atoms with Crippen LogP contribution in [0.2, 0.25) is 0 Å². The van der Waals surface area contributed by atoms with Crippen LogP contribution >= 0.6 is 0 Å². The summed E-state index contributed by atoms with van der Waals surface area (Å²) in [6.07, 6.45) is -3.43. The molecule has 0 amide bonds. The maximum atomic E-state index is 12.2. The lowest BCUT2D eigenvalue weighted by Crippen LogP contribution is -2.09. The minimum absolute atomic E-state index is 0.137. The van der Waals surface area contributed by atoms with Crippen molar-refractivity contribution in [3.05, 3.63) is 29.6 Å². The zero-order valence-electron chi connectivity index (χ0n) is 7.22. The number of nitrogens with zero attached hydrogens (tertiary/aromatic N) is 1. The Morgan fingerprint density at radius 3 is 2.64 bits per heavy atom. The van der Waals surface area contributed by atoms with Crippen molar-refractivity contribution < 1.29 is 17.9 Å². The number of alkyl halides is 3. The lowest BCUT2D eigenvalue weighted by Gasteiger charge is -2.07. The highest BCUT2D eigenvalue weighted by Gasteiger charge is 2.31. The molecule has 0 saturated carbocycles. The molecule has 0 bridgehead atoms. The van der Waals surface area contributed by atoms with Gasteiger partial charge in [-0.2, -0.15) is 13.2 Å². The quantitative estimate of drug-likeness (QED) is 0.562. The number of pyridine rings is 1. The maximum absolute atomic E-state index is 12.2. The van der Waals surface area contributed by atoms with Crippen molar-refractivity contribution in [2.24, 2.45) is 0 Å². The largest absolute Gasteiger partial charge is 0.480 e. The second kappa shape index (κ2) is 3.65. The van der Waals surface area contributed by atoms with Gasteiger partial charge in [0.25, 0.3) is 0 Å². The second-order valence-electron chi connectivity index (χ2n) is 2.46. The molecule has 1 aromatic rings. The van der Waals surface area contributed by atoms with E-state index in [0.717, 1.165) is 18.3 Å². The predicted octanol–water partition coefficient (Wildman–Crippen LogP) is 2.07. The van der Waals surface area contributed by atoms with Crippen molar-refractivity contribution in [1.29, 1.82) is 5.41 Å². The summed E-state index contributed by atoms with van der Waals surface area (Å²) in [6, 6.07) is 1.61. The molecule has 3 nitrogen and oxygen atoms in total. The standard InChI is InChI=1S/C8H7F3N2O/c1-14-7(12)6-4-5(2-3-13-6)8(9,10)11/h2-4,12H,1H3. The minimum Gasteiger partial charge on any atom is -0.480 e. The van der Waals surface area contributed by atoms with Gasteiger partial charge in [-0.25, -0.2) is 0 Å². The molecule has 1 N–H and O–H groups in total. The van der Waals surface area contributed by atoms with Crippen LogP contribution in [0.5, 0.6) is 0 Å². The number of hydrogen-bond donors (Lipinski definition) is 1. The van der Waals surface area contributed by atoms with Crippen molar-refractivity contribution in [1.82, 2.24) is 4.98 Å². The van der Waals surface area contributed by atoms with E-state index in [1.54, 1.807) is 0 Å². The fourth-order valence-corrected chi connectivity index (χ4v) is 0.836. The fraction of sp³-hybridized carbons (Fsp3) is 0.250. The summed E-state index contributed by atoms with van der Waals surface area (Å²) < 4.78 is 41.0. The van der Waals surface area contributed by atoms with Crippen molar-refractivity contribution in [3.63, 3.8) is 0 Å². The van der Waals surface area contributed by atoms with Gasteiger partial charge in [-0.05, 0) is 12.1 Å². The average molecular weight is 204 g/mol. The van der Waals surface area contributed by atoms with E-state index in [4.69, 9.17) is 5.41 Å². The Morgan fingerprint density at radius 1 is 1.50 bits per heavy atom. The first-order valence-electron chi connectivity index (χ1n) is 3.61. The van der Waals surface area contributed by atoms with Gasteiger partial charge in [0.15, 0.2) is 0 Å². The monoisotopic (exact) mass is 204 g/mol. The molecule has 0 aliphatic carbocycles. The SMILES string of the molecule is COC(=N)c1cc(C(F)(F)F)ccn1. The zero-order valence-corrected chi connectivity index (χ0v) is 7.22. The molecule has 1 rings (SSSR count). The summed E-state index contributed by atoms with van der Waals surface area (Å²) in [5.41, 5.74) is -0.980. The Kier molecular flexibility index (Phi) is 2.73. The lowest BCUT2D eigenvalue weighted by atomic mass is 10.2. The minimum atomic E-state index is -4.42. The molecule has 14 heavy (non-hydrogen) atoms. The molecule has 0 saturated heterocycles. The smallest absolute Gasteiger partial charge is 0.416 e. The Morgan fingerprint density at radius 2 is 2.14 bits per heavy atom. The topological polar surface area (TPSA) is 46.0 Å². The van der Waals surface area contributed by atoms with E-state index in [-0.39, 0.29) is 5.69 Å². The van der Waals surface area contributed by atoms with Crippen molar-refractivity contribution in [2.75, 3.05) is 7.11 Å². The third-order valence-corrected chi connectivity index (χ3v) is 1.52. The Hall–Kier alpha value is -1.59. The Balaban J connectivity index is 3.08. The van der Waals surface area contributed by atoms with E-state index >= 15 is 0 Å². The molecule has 76 valence electrons. The second-order valence-corrected chi connectivity index (χ2v) is 2.46. The van der Waals surface area contributed by atoms with Gasteiger partial charge in [-0.15, -0.1) is 0 Å². The summed E-state index contributed by atoms with van der Waals surface area (Å²) in [5, 5.41) is 7.13. The van der Waals surface area contributed by atoms with Crippen LogP contribution in [0, 0.1) is 5.41 Å². The van der Waals surface area contributed by atoms with Crippen LogP contribution in [-0.2, 0) is 10.9 Å². The van der Waals surface area contributed by atoms with Crippen LogP contribution in [0.1, 0.15) is 11.3 Å². The molecule has 0 aliphatic rings. The summed E-state index contributed by atoms with van der Waals surface area (Å²) >= 11 is 0. The fourth-order valence-electron chi connectivity index (χ4n) is 0.836. The van der Waals surface area contributed by atoms with Crippen molar-refractivity contribution >= 4 is 5.90 Å². The number of halogens is 3. The van der Waals surface area contributed by atoms with E-state index < -0.39 is 17.6 Å². The van der Waals surface area contributed by atoms with E-state index in [1.165, 1.54) is 7.11 Å². The van der Waals surface area contributed by atoms with E-state index in [1.807, 2.05) is 0 Å². The first-order valence-corrected chi connectivity index (χ1v) is 3.61. The van der Waals surface area contributed by atoms with E-state index in [2.05, 4.69) is 9.72 Å².